The predicted molar refractivity (Wildman–Crippen MR) is 88.7 cm³/mol. The van der Waals surface area contributed by atoms with Crippen LogP contribution in [0.1, 0.15) is 12.0 Å². The van der Waals surface area contributed by atoms with Crippen molar-refractivity contribution in [2.75, 3.05) is 5.75 Å². The molecule has 0 amide bonds. The molecule has 0 aromatic heterocycles. The molecule has 0 spiro atoms. The first-order valence-electron chi connectivity index (χ1n) is 7.03. The standard InChI is InChI=1S/C14H19N5OSSi/c1-22(2,3)20-13(9-10-15)11-21-14(16-18-19-17-14)12-7-5-4-6-8-12/h4-8,13H,9,11H2,1-3H3/t13-/m0/s1. The Kier molecular flexibility index (Phi) is 5.45. The van der Waals surface area contributed by atoms with Gasteiger partial charge in [0.2, 0.25) is 0 Å². The largest absolute Gasteiger partial charge is 0.413 e. The van der Waals surface area contributed by atoms with E-state index in [0.717, 1.165) is 5.56 Å². The highest BCUT2D eigenvalue weighted by Gasteiger charge is 2.37. The Labute approximate surface area is 135 Å². The highest BCUT2D eigenvalue weighted by molar-refractivity contribution is 8.00. The number of nitrogens with zero attached hydrogens (tertiary/aromatic N) is 5. The van der Waals surface area contributed by atoms with Gasteiger partial charge in [-0.25, -0.2) is 0 Å². The van der Waals surface area contributed by atoms with Crippen molar-refractivity contribution in [3.8, 4) is 6.07 Å². The van der Waals surface area contributed by atoms with Crippen molar-refractivity contribution in [3.63, 3.8) is 0 Å². The van der Waals surface area contributed by atoms with E-state index in [4.69, 9.17) is 9.69 Å². The summed E-state index contributed by atoms with van der Waals surface area (Å²) in [6, 6.07) is 11.9. The van der Waals surface area contributed by atoms with Gasteiger partial charge in [0.1, 0.15) is 0 Å². The average molecular weight is 333 g/mol. The summed E-state index contributed by atoms with van der Waals surface area (Å²) in [4.78, 5) is -0.849. The zero-order chi connectivity index (χ0) is 16.1. The molecule has 0 fully saturated rings. The number of benzene rings is 1. The summed E-state index contributed by atoms with van der Waals surface area (Å²) in [7, 11) is -1.71. The number of hydrogen-bond donors (Lipinski definition) is 0. The first-order chi connectivity index (χ1) is 10.5. The molecule has 6 nitrogen and oxygen atoms in total. The zero-order valence-electron chi connectivity index (χ0n) is 12.9. The summed E-state index contributed by atoms with van der Waals surface area (Å²) in [6.45, 7) is 6.35. The fraction of sp³-hybridized carbons (Fsp3) is 0.500. The van der Waals surface area contributed by atoms with Crippen LogP contribution in [-0.4, -0.2) is 20.2 Å². The Morgan fingerprint density at radius 3 is 2.41 bits per heavy atom. The molecule has 1 aliphatic heterocycles. The molecule has 1 atom stereocenters. The lowest BCUT2D eigenvalue weighted by molar-refractivity contribution is 0.224. The average Bonchev–Trinajstić information content (AvgIpc) is 2.95. The Bertz CT molecular complexity index is 581. The van der Waals surface area contributed by atoms with Gasteiger partial charge in [-0.1, -0.05) is 42.1 Å². The van der Waals surface area contributed by atoms with Crippen molar-refractivity contribution in [3.05, 3.63) is 35.9 Å². The van der Waals surface area contributed by atoms with Gasteiger partial charge in [-0.3, -0.25) is 0 Å². The summed E-state index contributed by atoms with van der Waals surface area (Å²) in [5, 5.41) is 24.7. The maximum absolute atomic E-state index is 9.00. The van der Waals surface area contributed by atoms with E-state index in [2.05, 4.69) is 46.4 Å². The topological polar surface area (TPSA) is 82.5 Å². The SMILES string of the molecule is C[Si](C)(C)O[C@@H](CC#N)CSC1(c2ccccc2)N=NN=N1. The molecule has 2 rings (SSSR count). The quantitative estimate of drug-likeness (QED) is 0.689. The van der Waals surface area contributed by atoms with Gasteiger partial charge in [-0.2, -0.15) is 5.26 Å². The third-order valence-corrected chi connectivity index (χ3v) is 5.24. The van der Waals surface area contributed by atoms with Crippen LogP contribution in [0, 0.1) is 11.3 Å². The van der Waals surface area contributed by atoms with Crippen molar-refractivity contribution in [1.29, 1.82) is 5.26 Å². The highest BCUT2D eigenvalue weighted by atomic mass is 32.2. The molecule has 22 heavy (non-hydrogen) atoms. The molecule has 1 aromatic rings. The second-order valence-electron chi connectivity index (χ2n) is 5.88. The van der Waals surface area contributed by atoms with E-state index in [1.165, 1.54) is 11.8 Å². The lowest BCUT2D eigenvalue weighted by atomic mass is 10.2. The van der Waals surface area contributed by atoms with Gasteiger partial charge < -0.3 is 4.43 Å². The predicted octanol–water partition coefficient (Wildman–Crippen LogP) is 4.50. The van der Waals surface area contributed by atoms with Crippen molar-refractivity contribution in [1.82, 2.24) is 0 Å². The van der Waals surface area contributed by atoms with Crippen LogP contribution in [0.3, 0.4) is 0 Å². The third kappa shape index (κ3) is 4.46. The van der Waals surface area contributed by atoms with Gasteiger partial charge in [0.15, 0.2) is 8.32 Å². The van der Waals surface area contributed by atoms with E-state index in [-0.39, 0.29) is 6.10 Å². The third-order valence-electron chi connectivity index (χ3n) is 2.86. The molecule has 0 saturated heterocycles. The van der Waals surface area contributed by atoms with Crippen LogP contribution in [0.15, 0.2) is 51.0 Å². The number of hydrogen-bond acceptors (Lipinski definition) is 7. The molecule has 1 aliphatic rings. The minimum Gasteiger partial charge on any atom is -0.413 e. The molecule has 0 bridgehead atoms. The molecule has 0 saturated carbocycles. The zero-order valence-corrected chi connectivity index (χ0v) is 14.7. The van der Waals surface area contributed by atoms with E-state index in [0.29, 0.717) is 12.2 Å². The second-order valence-corrected chi connectivity index (χ2v) is 11.5. The summed E-state index contributed by atoms with van der Waals surface area (Å²) in [5.74, 6) is 0.616. The number of thioether (sulfide) groups is 1. The van der Waals surface area contributed by atoms with Crippen LogP contribution >= 0.6 is 11.8 Å². The molecule has 8 heteroatoms. The van der Waals surface area contributed by atoms with E-state index >= 15 is 0 Å². The molecule has 0 radical (unpaired) electrons. The van der Waals surface area contributed by atoms with Crippen LogP contribution < -0.4 is 0 Å². The van der Waals surface area contributed by atoms with Crippen LogP contribution in [0.2, 0.25) is 19.6 Å². The van der Waals surface area contributed by atoms with Gasteiger partial charge in [0.05, 0.1) is 18.6 Å². The molecular formula is C14H19N5OSSi. The van der Waals surface area contributed by atoms with Crippen molar-refractivity contribution in [2.45, 2.75) is 37.2 Å². The van der Waals surface area contributed by atoms with Crippen LogP contribution in [0.4, 0.5) is 0 Å². The Morgan fingerprint density at radius 1 is 1.23 bits per heavy atom. The molecule has 116 valence electrons. The minimum absolute atomic E-state index is 0.131. The smallest absolute Gasteiger partial charge is 0.265 e. The summed E-state index contributed by atoms with van der Waals surface area (Å²) < 4.78 is 6.07. The van der Waals surface area contributed by atoms with Crippen molar-refractivity contribution in [2.24, 2.45) is 20.7 Å². The molecule has 0 unspecified atom stereocenters. The van der Waals surface area contributed by atoms with E-state index < -0.39 is 13.3 Å². The summed E-state index contributed by atoms with van der Waals surface area (Å²) in [5.41, 5.74) is 0.925. The first-order valence-corrected chi connectivity index (χ1v) is 11.4. The van der Waals surface area contributed by atoms with Crippen molar-refractivity contribution >= 4 is 20.1 Å². The number of nitriles is 1. The maximum Gasteiger partial charge on any atom is 0.265 e. The molecule has 0 aliphatic carbocycles. The molecule has 0 N–H and O–H groups in total. The molecular weight excluding hydrogens is 314 g/mol. The highest BCUT2D eigenvalue weighted by Crippen LogP contribution is 2.43. The Balaban J connectivity index is 2.11. The van der Waals surface area contributed by atoms with Gasteiger partial charge in [0.25, 0.3) is 4.99 Å². The minimum atomic E-state index is -1.71. The van der Waals surface area contributed by atoms with Crippen LogP contribution in [-0.2, 0) is 9.42 Å². The normalized spacial score (nSPS) is 17.4. The van der Waals surface area contributed by atoms with E-state index in [1.807, 2.05) is 30.3 Å². The second kappa shape index (κ2) is 7.13. The van der Waals surface area contributed by atoms with E-state index in [1.54, 1.807) is 0 Å². The van der Waals surface area contributed by atoms with E-state index in [9.17, 15) is 0 Å². The number of rotatable bonds is 7. The van der Waals surface area contributed by atoms with Crippen LogP contribution in [0.5, 0.6) is 0 Å². The fourth-order valence-electron chi connectivity index (χ4n) is 2.04. The lowest BCUT2D eigenvalue weighted by Crippen LogP contribution is -2.34. The maximum atomic E-state index is 9.00. The van der Waals surface area contributed by atoms with Gasteiger partial charge in [-0.15, -0.1) is 10.2 Å². The summed E-state index contributed by atoms with van der Waals surface area (Å²) in [6.07, 6.45) is 0.226. The fourth-order valence-corrected chi connectivity index (χ4v) is 4.42. The lowest BCUT2D eigenvalue weighted by Gasteiger charge is -2.27. The Morgan fingerprint density at radius 2 is 1.86 bits per heavy atom. The van der Waals surface area contributed by atoms with Crippen LogP contribution in [0.25, 0.3) is 0 Å². The van der Waals surface area contributed by atoms with Gasteiger partial charge in [-0.05, 0) is 30.1 Å². The molecule has 1 aromatic carbocycles. The summed E-state index contributed by atoms with van der Waals surface area (Å²) >= 11 is 1.50. The van der Waals surface area contributed by atoms with Gasteiger partial charge >= 0.3 is 0 Å². The monoisotopic (exact) mass is 333 g/mol. The molecule has 1 heterocycles. The Hall–Kier alpha value is -1.56. The first kappa shape index (κ1) is 16.8. The van der Waals surface area contributed by atoms with Gasteiger partial charge in [0, 0.05) is 11.3 Å². The van der Waals surface area contributed by atoms with Crippen molar-refractivity contribution < 1.29 is 4.43 Å².